The topological polar surface area (TPSA) is 100 Å². The second-order valence-electron chi connectivity index (χ2n) is 8.60. The van der Waals surface area contributed by atoms with Crippen molar-refractivity contribution >= 4 is 17.7 Å². The molecule has 32 heavy (non-hydrogen) atoms. The Morgan fingerprint density at radius 2 is 1.81 bits per heavy atom. The maximum atomic E-state index is 13.1. The van der Waals surface area contributed by atoms with Gasteiger partial charge in [0.1, 0.15) is 0 Å². The monoisotopic (exact) mass is 438 g/mol. The maximum absolute atomic E-state index is 13.1. The molecule has 0 bridgehead atoms. The summed E-state index contributed by atoms with van der Waals surface area (Å²) in [4.78, 5) is 40.8. The molecular formula is C23H30N6O3. The van der Waals surface area contributed by atoms with Gasteiger partial charge in [0.25, 0.3) is 5.91 Å². The highest BCUT2D eigenvalue weighted by Gasteiger charge is 2.35. The molecule has 0 unspecified atom stereocenters. The highest BCUT2D eigenvalue weighted by molar-refractivity contribution is 5.91. The van der Waals surface area contributed by atoms with Gasteiger partial charge in [-0.3, -0.25) is 14.4 Å². The molecule has 2 aliphatic heterocycles. The highest BCUT2D eigenvalue weighted by atomic mass is 16.2. The third-order valence-electron chi connectivity index (χ3n) is 6.41. The van der Waals surface area contributed by atoms with Crippen molar-refractivity contribution in [2.75, 3.05) is 19.6 Å². The van der Waals surface area contributed by atoms with E-state index in [-0.39, 0.29) is 35.4 Å². The van der Waals surface area contributed by atoms with Crippen LogP contribution < -0.4 is 5.32 Å². The molecular weight excluding hydrogens is 408 g/mol. The first-order valence-electron chi connectivity index (χ1n) is 11.3. The average Bonchev–Trinajstić information content (AvgIpc) is 3.48. The first-order chi connectivity index (χ1) is 15.5. The largest absolute Gasteiger partial charge is 0.347 e. The number of carbonyl (C=O) groups excluding carboxylic acids is 3. The molecule has 2 fully saturated rings. The lowest BCUT2D eigenvalue weighted by Crippen LogP contribution is -2.46. The van der Waals surface area contributed by atoms with Crippen LogP contribution in [0.5, 0.6) is 0 Å². The molecule has 1 atom stereocenters. The zero-order chi connectivity index (χ0) is 22.5. The Balaban J connectivity index is 1.31. The minimum Gasteiger partial charge on any atom is -0.347 e. The molecule has 2 saturated heterocycles. The smallest absolute Gasteiger partial charge is 0.273 e. The molecule has 9 nitrogen and oxygen atoms in total. The summed E-state index contributed by atoms with van der Waals surface area (Å²) in [7, 11) is 0. The van der Waals surface area contributed by atoms with Gasteiger partial charge in [-0.25, -0.2) is 4.68 Å². The van der Waals surface area contributed by atoms with E-state index in [4.69, 9.17) is 0 Å². The van der Waals surface area contributed by atoms with Crippen LogP contribution in [-0.4, -0.2) is 68.2 Å². The zero-order valence-electron chi connectivity index (χ0n) is 18.4. The molecule has 0 saturated carbocycles. The molecule has 2 aliphatic rings. The Morgan fingerprint density at radius 3 is 2.53 bits per heavy atom. The quantitative estimate of drug-likeness (QED) is 0.736. The molecule has 9 heteroatoms. The Bertz CT molecular complexity index is 952. The molecule has 0 spiro atoms. The number of nitrogens with zero attached hydrogens (tertiary/aromatic N) is 5. The van der Waals surface area contributed by atoms with E-state index in [0.717, 1.165) is 37.8 Å². The number of amides is 3. The number of benzene rings is 1. The minimum atomic E-state index is -0.267. The number of piperidine rings is 1. The Labute approximate surface area is 187 Å². The van der Waals surface area contributed by atoms with E-state index in [1.54, 1.807) is 17.8 Å². The van der Waals surface area contributed by atoms with Crippen molar-refractivity contribution in [3.05, 3.63) is 47.8 Å². The fraction of sp³-hybridized carbons (Fsp3) is 0.522. The van der Waals surface area contributed by atoms with Crippen LogP contribution in [0.3, 0.4) is 0 Å². The van der Waals surface area contributed by atoms with Crippen LogP contribution in [0.2, 0.25) is 0 Å². The van der Waals surface area contributed by atoms with Crippen molar-refractivity contribution in [3.8, 4) is 0 Å². The summed E-state index contributed by atoms with van der Waals surface area (Å²) in [6.07, 6.45) is 4.95. The van der Waals surface area contributed by atoms with Gasteiger partial charge in [0.15, 0.2) is 5.69 Å². The summed E-state index contributed by atoms with van der Waals surface area (Å²) >= 11 is 0. The predicted octanol–water partition coefficient (Wildman–Crippen LogP) is 1.46. The molecule has 2 aromatic rings. The average molecular weight is 439 g/mol. The number of rotatable bonds is 6. The van der Waals surface area contributed by atoms with Crippen molar-refractivity contribution in [1.82, 2.24) is 30.1 Å². The zero-order valence-corrected chi connectivity index (χ0v) is 18.4. The van der Waals surface area contributed by atoms with Crippen molar-refractivity contribution < 1.29 is 14.4 Å². The third-order valence-corrected chi connectivity index (χ3v) is 6.41. The summed E-state index contributed by atoms with van der Waals surface area (Å²) < 4.78 is 1.66. The standard InChI is InChI=1S/C23H30N6O3/c1-17(30)27-12-9-19(10-13-27)23(32)29-11-5-8-20(29)15-28-16-21(25-26-28)22(31)24-14-18-6-3-2-4-7-18/h2-4,6-7,16,19-20H,5,8-15H2,1H3,(H,24,31)/t20-/m0/s1. The molecule has 4 rings (SSSR count). The maximum Gasteiger partial charge on any atom is 0.273 e. The number of nitrogens with one attached hydrogen (secondary N) is 1. The molecule has 0 aliphatic carbocycles. The van der Waals surface area contributed by atoms with Crippen molar-refractivity contribution in [2.45, 2.75) is 51.7 Å². The van der Waals surface area contributed by atoms with Crippen LogP contribution in [-0.2, 0) is 22.7 Å². The summed E-state index contributed by atoms with van der Waals surface area (Å²) in [6.45, 7) is 4.57. The van der Waals surface area contributed by atoms with Gasteiger partial charge in [-0.1, -0.05) is 35.5 Å². The van der Waals surface area contributed by atoms with Crippen LogP contribution in [0.25, 0.3) is 0 Å². The van der Waals surface area contributed by atoms with Gasteiger partial charge >= 0.3 is 0 Å². The number of hydrogen-bond donors (Lipinski definition) is 1. The molecule has 0 radical (unpaired) electrons. The lowest BCUT2D eigenvalue weighted by atomic mass is 9.95. The van der Waals surface area contributed by atoms with Crippen LogP contribution in [0.15, 0.2) is 36.5 Å². The Morgan fingerprint density at radius 1 is 1.06 bits per heavy atom. The summed E-state index contributed by atoms with van der Waals surface area (Å²) in [5, 5.41) is 11.0. The third kappa shape index (κ3) is 5.15. The molecule has 1 aromatic heterocycles. The second kappa shape index (κ2) is 9.93. The van der Waals surface area contributed by atoms with E-state index < -0.39 is 0 Å². The lowest BCUT2D eigenvalue weighted by Gasteiger charge is -2.34. The predicted molar refractivity (Wildman–Crippen MR) is 117 cm³/mol. The number of hydrogen-bond acceptors (Lipinski definition) is 5. The number of likely N-dealkylation sites (tertiary alicyclic amines) is 2. The van der Waals surface area contributed by atoms with Gasteiger partial charge in [-0.15, -0.1) is 5.10 Å². The Kier molecular flexibility index (Phi) is 6.82. The summed E-state index contributed by atoms with van der Waals surface area (Å²) in [6, 6.07) is 9.75. The van der Waals surface area contributed by atoms with E-state index in [9.17, 15) is 14.4 Å². The minimum absolute atomic E-state index is 0.0266. The highest BCUT2D eigenvalue weighted by Crippen LogP contribution is 2.26. The summed E-state index contributed by atoms with van der Waals surface area (Å²) in [5.41, 5.74) is 1.29. The second-order valence-corrected chi connectivity index (χ2v) is 8.60. The van der Waals surface area contributed by atoms with E-state index >= 15 is 0 Å². The summed E-state index contributed by atoms with van der Waals surface area (Å²) in [5.74, 6) is -0.0423. The van der Waals surface area contributed by atoms with Crippen molar-refractivity contribution in [3.63, 3.8) is 0 Å². The first kappa shape index (κ1) is 22.0. The van der Waals surface area contributed by atoms with Crippen LogP contribution in [0.1, 0.15) is 48.7 Å². The molecule has 1 N–H and O–H groups in total. The van der Waals surface area contributed by atoms with Crippen molar-refractivity contribution in [2.24, 2.45) is 5.92 Å². The van der Waals surface area contributed by atoms with Crippen LogP contribution in [0, 0.1) is 5.92 Å². The molecule has 3 amide bonds. The van der Waals surface area contributed by atoms with E-state index in [2.05, 4.69) is 15.6 Å². The fourth-order valence-electron chi connectivity index (χ4n) is 4.57. The number of carbonyl (C=O) groups is 3. The van der Waals surface area contributed by atoms with Gasteiger partial charge in [0, 0.05) is 39.0 Å². The van der Waals surface area contributed by atoms with Gasteiger partial charge < -0.3 is 15.1 Å². The van der Waals surface area contributed by atoms with Gasteiger partial charge in [0.2, 0.25) is 11.8 Å². The SMILES string of the molecule is CC(=O)N1CCC(C(=O)N2CCC[C@H]2Cn2cc(C(=O)NCc3ccccc3)nn2)CC1. The molecule has 170 valence electrons. The Hall–Kier alpha value is -3.23. The molecule has 3 heterocycles. The van der Waals surface area contributed by atoms with Gasteiger partial charge in [-0.2, -0.15) is 0 Å². The van der Waals surface area contributed by atoms with Crippen molar-refractivity contribution in [1.29, 1.82) is 0 Å². The number of aromatic nitrogens is 3. The van der Waals surface area contributed by atoms with E-state index in [1.165, 1.54) is 0 Å². The molecule has 1 aromatic carbocycles. The van der Waals surface area contributed by atoms with Gasteiger partial charge in [0.05, 0.1) is 18.8 Å². The van der Waals surface area contributed by atoms with E-state index in [1.807, 2.05) is 40.1 Å². The van der Waals surface area contributed by atoms with Crippen LogP contribution in [0.4, 0.5) is 0 Å². The first-order valence-corrected chi connectivity index (χ1v) is 11.3. The normalized spacial score (nSPS) is 19.2. The lowest BCUT2D eigenvalue weighted by molar-refractivity contribution is -0.141. The van der Waals surface area contributed by atoms with Gasteiger partial charge in [-0.05, 0) is 31.2 Å². The fourth-order valence-corrected chi connectivity index (χ4v) is 4.57. The van der Waals surface area contributed by atoms with Crippen LogP contribution >= 0.6 is 0 Å². The van der Waals surface area contributed by atoms with E-state index in [0.29, 0.717) is 26.2 Å².